The van der Waals surface area contributed by atoms with Crippen LogP contribution in [0.25, 0.3) is 10.9 Å². The molecule has 240 valence electrons. The Balaban J connectivity index is 1.71. The van der Waals surface area contributed by atoms with E-state index < -0.39 is 35.9 Å². The summed E-state index contributed by atoms with van der Waals surface area (Å²) in [7, 11) is 1.57. The van der Waals surface area contributed by atoms with Crippen molar-refractivity contribution in [3.05, 3.63) is 82.0 Å². The Kier molecular flexibility index (Phi) is 11.6. The zero-order chi connectivity index (χ0) is 32.7. The largest absolute Gasteiger partial charge is 0.463 e. The molecule has 4 rings (SSSR count). The van der Waals surface area contributed by atoms with E-state index in [1.165, 1.54) is 4.90 Å². The Hall–Kier alpha value is -3.92. The molecule has 9 nitrogen and oxygen atoms in total. The second kappa shape index (κ2) is 15.4. The summed E-state index contributed by atoms with van der Waals surface area (Å²) in [6.45, 7) is 7.51. The molecule has 3 aromatic rings. The van der Waals surface area contributed by atoms with Gasteiger partial charge in [-0.2, -0.15) is 0 Å². The van der Waals surface area contributed by atoms with Crippen molar-refractivity contribution in [1.82, 2.24) is 20.5 Å². The summed E-state index contributed by atoms with van der Waals surface area (Å²) in [5, 5.41) is 6.80. The van der Waals surface area contributed by atoms with E-state index >= 15 is 0 Å². The van der Waals surface area contributed by atoms with Crippen LogP contribution >= 0.6 is 15.9 Å². The third kappa shape index (κ3) is 9.06. The van der Waals surface area contributed by atoms with Crippen molar-refractivity contribution in [2.75, 3.05) is 7.05 Å². The molecular weight excluding hydrogens is 636 g/mol. The average Bonchev–Trinajstić information content (AvgIpc) is 3.31. The molecule has 5 atom stereocenters. The predicted octanol–water partition coefficient (Wildman–Crippen LogP) is 5.75. The van der Waals surface area contributed by atoms with E-state index in [0.29, 0.717) is 17.4 Å². The van der Waals surface area contributed by atoms with Crippen LogP contribution < -0.4 is 10.6 Å². The number of likely N-dealkylation sites (N-methyl/N-ethyl adjacent to an activating group) is 1. The van der Waals surface area contributed by atoms with E-state index in [0.717, 1.165) is 27.6 Å². The molecule has 0 saturated heterocycles. The highest BCUT2D eigenvalue weighted by atomic mass is 79.9. The lowest BCUT2D eigenvalue weighted by Gasteiger charge is -2.31. The number of amides is 3. The van der Waals surface area contributed by atoms with E-state index in [4.69, 9.17) is 4.74 Å². The normalized spacial score (nSPS) is 26.1. The molecule has 0 unspecified atom stereocenters. The van der Waals surface area contributed by atoms with Crippen molar-refractivity contribution in [2.24, 2.45) is 5.92 Å². The number of hydrogen-bond acceptors (Lipinski definition) is 5. The first-order valence-electron chi connectivity index (χ1n) is 15.5. The van der Waals surface area contributed by atoms with Gasteiger partial charge >= 0.3 is 5.97 Å². The number of aromatic amines is 1. The Labute approximate surface area is 273 Å². The monoisotopic (exact) mass is 678 g/mol. The molecule has 3 N–H and O–H groups in total. The smallest absolute Gasteiger partial charge is 0.308 e. The van der Waals surface area contributed by atoms with Crippen molar-refractivity contribution >= 4 is 50.5 Å². The first-order valence-corrected chi connectivity index (χ1v) is 16.2. The molecule has 0 saturated carbocycles. The maximum atomic E-state index is 14.2. The van der Waals surface area contributed by atoms with Crippen molar-refractivity contribution in [3.8, 4) is 0 Å². The van der Waals surface area contributed by atoms with Gasteiger partial charge in [-0.3, -0.25) is 19.2 Å². The van der Waals surface area contributed by atoms with E-state index in [1.54, 1.807) is 14.0 Å². The van der Waals surface area contributed by atoms with Crippen molar-refractivity contribution in [3.63, 3.8) is 0 Å². The molecule has 1 aromatic heterocycles. The van der Waals surface area contributed by atoms with Gasteiger partial charge in [0.25, 0.3) is 0 Å². The number of allylic oxidation sites excluding steroid dienone is 2. The number of fused-ring (bicyclic) bond motifs is 1. The second-order valence-corrected chi connectivity index (χ2v) is 12.9. The van der Waals surface area contributed by atoms with Gasteiger partial charge in [-0.15, -0.1) is 0 Å². The topological polar surface area (TPSA) is 121 Å². The number of ether oxygens (including phenoxy) is 1. The SMILES string of the molecule is C/C1=C\[C@H](C)C[C@H](C)OC(=O)C[C@H](c2ccccc2)NC(=O)[C@@H](Cc2c(Br)[nH]c3ccccc23)N(C)C(=O)[C@H](C)NC(=O)CC1. The highest BCUT2D eigenvalue weighted by Crippen LogP contribution is 2.29. The number of H-pyrrole nitrogens is 1. The van der Waals surface area contributed by atoms with E-state index in [1.807, 2.05) is 75.4 Å². The maximum Gasteiger partial charge on any atom is 0.308 e. The zero-order valence-corrected chi connectivity index (χ0v) is 28.1. The first kappa shape index (κ1) is 34.0. The quantitative estimate of drug-likeness (QED) is 0.241. The van der Waals surface area contributed by atoms with Crippen LogP contribution in [0.1, 0.15) is 70.5 Å². The third-order valence-corrected chi connectivity index (χ3v) is 8.94. The van der Waals surface area contributed by atoms with Gasteiger partial charge in [-0.25, -0.2) is 0 Å². The highest BCUT2D eigenvalue weighted by molar-refractivity contribution is 9.10. The average molecular weight is 680 g/mol. The minimum Gasteiger partial charge on any atom is -0.463 e. The second-order valence-electron chi connectivity index (χ2n) is 12.1. The standard InChI is InChI=1S/C35H43BrN4O5/c1-21-15-16-31(41)37-24(4)35(44)40(5)30(19-27-26-13-9-10-14-28(26)38-33(27)36)34(43)39-29(25-11-7-6-8-12-25)20-32(42)45-23(3)18-22(2)17-21/h6-14,17,22-24,29-30,38H,15-16,18-20H2,1-5H3,(H,37,41)(H,39,43)/b21-17+/t22-,23-,24-,29+,30+/m0/s1. The van der Waals surface area contributed by atoms with Crippen LogP contribution in [0.5, 0.6) is 0 Å². The van der Waals surface area contributed by atoms with Gasteiger partial charge in [0.05, 0.1) is 23.2 Å². The molecule has 10 heteroatoms. The lowest BCUT2D eigenvalue weighted by atomic mass is 9.99. The number of benzene rings is 2. The molecule has 0 bridgehead atoms. The fourth-order valence-electron chi connectivity index (χ4n) is 5.96. The van der Waals surface area contributed by atoms with Gasteiger partial charge < -0.3 is 25.3 Å². The molecule has 0 aliphatic carbocycles. The summed E-state index contributed by atoms with van der Waals surface area (Å²) in [6, 6.07) is 14.5. The minimum atomic E-state index is -0.957. The van der Waals surface area contributed by atoms with E-state index in [9.17, 15) is 19.2 Å². The summed E-state index contributed by atoms with van der Waals surface area (Å²) in [5.74, 6) is -1.37. The molecule has 0 spiro atoms. The number of cyclic esters (lactones) is 1. The summed E-state index contributed by atoms with van der Waals surface area (Å²) < 4.78 is 6.51. The van der Waals surface area contributed by atoms with Gasteiger partial charge in [-0.05, 0) is 72.7 Å². The number of halogens is 1. The molecule has 2 heterocycles. The number of rotatable bonds is 3. The Morgan fingerprint density at radius 3 is 2.36 bits per heavy atom. The lowest BCUT2D eigenvalue weighted by Crippen LogP contribution is -2.54. The van der Waals surface area contributed by atoms with Crippen molar-refractivity contribution < 1.29 is 23.9 Å². The molecule has 0 fully saturated rings. The fourth-order valence-corrected chi connectivity index (χ4v) is 6.55. The van der Waals surface area contributed by atoms with Crippen LogP contribution in [0.15, 0.2) is 70.8 Å². The fraction of sp³-hybridized carbons (Fsp3) is 0.429. The highest BCUT2D eigenvalue weighted by Gasteiger charge is 2.34. The Bertz CT molecular complexity index is 1550. The number of hydrogen-bond donors (Lipinski definition) is 3. The Morgan fingerprint density at radius 1 is 0.933 bits per heavy atom. The van der Waals surface area contributed by atoms with Crippen molar-refractivity contribution in [2.45, 2.75) is 84.0 Å². The summed E-state index contributed by atoms with van der Waals surface area (Å²) in [5.41, 5.74) is 3.52. The number of carbonyl (C=O) groups excluding carboxylic acids is 4. The number of esters is 1. The molecule has 1 aliphatic heterocycles. The maximum absolute atomic E-state index is 14.2. The molecule has 2 aromatic carbocycles. The Morgan fingerprint density at radius 2 is 1.62 bits per heavy atom. The van der Waals surface area contributed by atoms with Gasteiger partial charge in [0, 0.05) is 30.8 Å². The summed E-state index contributed by atoms with van der Waals surface area (Å²) >= 11 is 3.61. The lowest BCUT2D eigenvalue weighted by molar-refractivity contribution is -0.149. The van der Waals surface area contributed by atoms with Crippen LogP contribution in [0.2, 0.25) is 0 Å². The van der Waals surface area contributed by atoms with E-state index in [-0.39, 0.29) is 37.2 Å². The zero-order valence-electron chi connectivity index (χ0n) is 26.6. The number of carbonyl (C=O) groups is 4. The van der Waals surface area contributed by atoms with Crippen LogP contribution in [-0.2, 0) is 30.3 Å². The van der Waals surface area contributed by atoms with Crippen LogP contribution in [0.3, 0.4) is 0 Å². The molecule has 1 aliphatic rings. The van der Waals surface area contributed by atoms with Crippen LogP contribution in [0.4, 0.5) is 0 Å². The van der Waals surface area contributed by atoms with Crippen molar-refractivity contribution in [1.29, 1.82) is 0 Å². The third-order valence-electron chi connectivity index (χ3n) is 8.27. The predicted molar refractivity (Wildman–Crippen MR) is 178 cm³/mol. The van der Waals surface area contributed by atoms with Crippen LogP contribution in [0, 0.1) is 5.92 Å². The first-order chi connectivity index (χ1) is 21.4. The molecular formula is C35H43BrN4O5. The summed E-state index contributed by atoms with van der Waals surface area (Å²) in [4.78, 5) is 58.7. The molecule has 0 radical (unpaired) electrons. The van der Waals surface area contributed by atoms with Gasteiger partial charge in [0.2, 0.25) is 17.7 Å². The van der Waals surface area contributed by atoms with Gasteiger partial charge in [-0.1, -0.05) is 67.1 Å². The number of para-hydroxylation sites is 1. The van der Waals surface area contributed by atoms with E-state index in [2.05, 4.69) is 37.6 Å². The number of aromatic nitrogens is 1. The van der Waals surface area contributed by atoms with Gasteiger partial charge in [0.1, 0.15) is 12.1 Å². The van der Waals surface area contributed by atoms with Gasteiger partial charge in [0.15, 0.2) is 0 Å². The minimum absolute atomic E-state index is 0.0725. The number of nitrogens with zero attached hydrogens (tertiary/aromatic N) is 1. The number of nitrogens with one attached hydrogen (secondary N) is 3. The van der Waals surface area contributed by atoms with Crippen LogP contribution in [-0.4, -0.2) is 58.8 Å². The molecule has 3 amide bonds. The molecule has 45 heavy (non-hydrogen) atoms. The summed E-state index contributed by atoms with van der Waals surface area (Å²) in [6.07, 6.45) is 3.25.